The average molecular weight is 278 g/mol. The molecule has 6 heteroatoms. The molecular formula is C14H13FNO4-. The third-order valence-corrected chi connectivity index (χ3v) is 3.94. The Kier molecular flexibility index (Phi) is 3.17. The van der Waals surface area contributed by atoms with Gasteiger partial charge in [-0.15, -0.1) is 0 Å². The van der Waals surface area contributed by atoms with Crippen LogP contribution in [0.2, 0.25) is 0 Å². The first-order valence-electron chi connectivity index (χ1n) is 6.49. The number of aliphatic carboxylic acids is 1. The summed E-state index contributed by atoms with van der Waals surface area (Å²) in [4.78, 5) is 23.4. The van der Waals surface area contributed by atoms with Crippen molar-refractivity contribution in [2.45, 2.75) is 25.0 Å². The number of benzene rings is 1. The van der Waals surface area contributed by atoms with Crippen molar-refractivity contribution in [3.63, 3.8) is 0 Å². The van der Waals surface area contributed by atoms with E-state index in [-0.39, 0.29) is 0 Å². The molecule has 2 fully saturated rings. The van der Waals surface area contributed by atoms with Crippen LogP contribution in [0.3, 0.4) is 0 Å². The molecule has 106 valence electrons. The Bertz CT molecular complexity index is 562. The van der Waals surface area contributed by atoms with Crippen LogP contribution in [-0.2, 0) is 14.3 Å². The molecule has 0 saturated carbocycles. The summed E-state index contributed by atoms with van der Waals surface area (Å²) < 4.78 is 18.6. The van der Waals surface area contributed by atoms with Crippen LogP contribution < -0.4 is 10.4 Å². The molecular weight excluding hydrogens is 265 g/mol. The van der Waals surface area contributed by atoms with E-state index in [2.05, 4.69) is 5.32 Å². The summed E-state index contributed by atoms with van der Waals surface area (Å²) in [7, 11) is 0. The van der Waals surface area contributed by atoms with E-state index >= 15 is 0 Å². The molecule has 1 aromatic carbocycles. The zero-order chi connectivity index (χ0) is 14.3. The third kappa shape index (κ3) is 2.16. The molecule has 2 heterocycles. The van der Waals surface area contributed by atoms with E-state index in [1.165, 1.54) is 18.2 Å². The fourth-order valence-electron chi connectivity index (χ4n) is 3.10. The molecule has 3 rings (SSSR count). The monoisotopic (exact) mass is 278 g/mol. The minimum atomic E-state index is -1.27. The second-order valence-electron chi connectivity index (χ2n) is 5.16. The summed E-state index contributed by atoms with van der Waals surface area (Å²) in [6, 6.07) is 5.46. The van der Waals surface area contributed by atoms with Crippen molar-refractivity contribution >= 4 is 17.6 Å². The van der Waals surface area contributed by atoms with Crippen molar-refractivity contribution in [1.29, 1.82) is 0 Å². The Hall–Kier alpha value is -1.95. The molecule has 2 saturated heterocycles. The zero-order valence-corrected chi connectivity index (χ0v) is 10.5. The van der Waals surface area contributed by atoms with Gasteiger partial charge in [-0.05, 0) is 31.0 Å². The van der Waals surface area contributed by atoms with Gasteiger partial charge in [-0.25, -0.2) is 4.39 Å². The van der Waals surface area contributed by atoms with Crippen molar-refractivity contribution in [3.8, 4) is 0 Å². The van der Waals surface area contributed by atoms with E-state index in [1.807, 2.05) is 0 Å². The van der Waals surface area contributed by atoms with Gasteiger partial charge in [0.25, 0.3) is 0 Å². The summed E-state index contributed by atoms with van der Waals surface area (Å²) in [5, 5.41) is 13.7. The number of halogens is 1. The molecule has 0 aromatic heterocycles. The van der Waals surface area contributed by atoms with Crippen LogP contribution in [0.1, 0.15) is 12.8 Å². The molecule has 1 amide bonds. The topological polar surface area (TPSA) is 78.5 Å². The fraction of sp³-hybridized carbons (Fsp3) is 0.429. The first kappa shape index (κ1) is 13.1. The highest BCUT2D eigenvalue weighted by molar-refractivity contribution is 5.96. The van der Waals surface area contributed by atoms with Crippen LogP contribution in [0.4, 0.5) is 10.1 Å². The van der Waals surface area contributed by atoms with Crippen LogP contribution in [0.25, 0.3) is 0 Å². The smallest absolute Gasteiger partial charge is 0.230 e. The van der Waals surface area contributed by atoms with Crippen molar-refractivity contribution in [2.75, 3.05) is 5.32 Å². The van der Waals surface area contributed by atoms with Crippen LogP contribution in [0, 0.1) is 17.7 Å². The summed E-state index contributed by atoms with van der Waals surface area (Å²) in [5.41, 5.74) is 0.301. The SMILES string of the molecule is O=C([O-])[C@H]1[C@H](C(=O)Nc2cccc(F)c2)[C@H]2CC[C@H]1O2. The Morgan fingerprint density at radius 1 is 1.25 bits per heavy atom. The molecule has 4 atom stereocenters. The quantitative estimate of drug-likeness (QED) is 0.863. The molecule has 0 unspecified atom stereocenters. The van der Waals surface area contributed by atoms with Gasteiger partial charge in [0.15, 0.2) is 0 Å². The molecule has 0 radical (unpaired) electrons. The Morgan fingerprint density at radius 2 is 1.95 bits per heavy atom. The maximum atomic E-state index is 13.1. The lowest BCUT2D eigenvalue weighted by molar-refractivity contribution is -0.313. The fourth-order valence-corrected chi connectivity index (χ4v) is 3.10. The molecule has 0 aliphatic carbocycles. The number of ether oxygens (including phenoxy) is 1. The number of carbonyl (C=O) groups is 2. The number of hydrogen-bond acceptors (Lipinski definition) is 4. The van der Waals surface area contributed by atoms with Gasteiger partial charge in [0.05, 0.1) is 18.1 Å². The van der Waals surface area contributed by atoms with E-state index in [1.54, 1.807) is 6.07 Å². The number of rotatable bonds is 3. The highest BCUT2D eigenvalue weighted by Gasteiger charge is 2.52. The van der Waals surface area contributed by atoms with Crippen LogP contribution >= 0.6 is 0 Å². The molecule has 2 aliphatic rings. The molecule has 0 spiro atoms. The summed E-state index contributed by atoms with van der Waals surface area (Å²) in [6.07, 6.45) is 0.452. The zero-order valence-electron chi connectivity index (χ0n) is 10.5. The Balaban J connectivity index is 1.78. The molecule has 2 aliphatic heterocycles. The molecule has 1 N–H and O–H groups in total. The van der Waals surface area contributed by atoms with Gasteiger partial charge in [-0.1, -0.05) is 6.07 Å². The van der Waals surface area contributed by atoms with Gasteiger partial charge < -0.3 is 20.0 Å². The van der Waals surface area contributed by atoms with Crippen LogP contribution in [0.15, 0.2) is 24.3 Å². The van der Waals surface area contributed by atoms with Crippen molar-refractivity contribution < 1.29 is 23.8 Å². The maximum absolute atomic E-state index is 13.1. The standard InChI is InChI=1S/C14H14FNO4/c15-7-2-1-3-8(6-7)16-13(17)11-9-4-5-10(20-9)12(11)14(18)19/h1-3,6,9-12H,4-5H2,(H,16,17)(H,18,19)/p-1/t9-,10-,11-,12-/m1/s1. The van der Waals surface area contributed by atoms with Crippen molar-refractivity contribution in [3.05, 3.63) is 30.1 Å². The van der Waals surface area contributed by atoms with E-state index in [0.29, 0.717) is 18.5 Å². The highest BCUT2D eigenvalue weighted by atomic mass is 19.1. The Morgan fingerprint density at radius 3 is 2.60 bits per heavy atom. The first-order chi connectivity index (χ1) is 9.56. The van der Waals surface area contributed by atoms with Crippen LogP contribution in [0.5, 0.6) is 0 Å². The van der Waals surface area contributed by atoms with E-state index in [9.17, 15) is 19.1 Å². The van der Waals surface area contributed by atoms with Gasteiger partial charge >= 0.3 is 0 Å². The van der Waals surface area contributed by atoms with E-state index in [4.69, 9.17) is 4.74 Å². The lowest BCUT2D eigenvalue weighted by atomic mass is 9.78. The van der Waals surface area contributed by atoms with Gasteiger partial charge in [-0.3, -0.25) is 4.79 Å². The number of anilines is 1. The second-order valence-corrected chi connectivity index (χ2v) is 5.16. The van der Waals surface area contributed by atoms with Gasteiger partial charge in [-0.2, -0.15) is 0 Å². The number of fused-ring (bicyclic) bond motifs is 2. The Labute approximate surface area is 114 Å². The third-order valence-electron chi connectivity index (χ3n) is 3.94. The molecule has 1 aromatic rings. The number of carbonyl (C=O) groups excluding carboxylic acids is 2. The van der Waals surface area contributed by atoms with Gasteiger partial charge in [0.2, 0.25) is 5.91 Å². The number of nitrogens with one attached hydrogen (secondary N) is 1. The van der Waals surface area contributed by atoms with E-state index < -0.39 is 41.7 Å². The van der Waals surface area contributed by atoms with Crippen molar-refractivity contribution in [1.82, 2.24) is 0 Å². The lowest BCUT2D eigenvalue weighted by Crippen LogP contribution is -2.46. The summed E-state index contributed by atoms with van der Waals surface area (Å²) >= 11 is 0. The molecule has 20 heavy (non-hydrogen) atoms. The molecule has 2 bridgehead atoms. The minimum absolute atomic E-state index is 0.301. The summed E-state index contributed by atoms with van der Waals surface area (Å²) in [5.74, 6) is -3.90. The number of carboxylic acids is 1. The predicted molar refractivity (Wildman–Crippen MR) is 64.9 cm³/mol. The first-order valence-corrected chi connectivity index (χ1v) is 6.49. The number of carboxylic acid groups (broad SMARTS) is 1. The number of amides is 1. The van der Waals surface area contributed by atoms with Gasteiger partial charge in [0.1, 0.15) is 5.82 Å². The predicted octanol–water partition coefficient (Wildman–Crippen LogP) is 0.308. The second kappa shape index (κ2) is 4.86. The van der Waals surface area contributed by atoms with Crippen LogP contribution in [-0.4, -0.2) is 24.1 Å². The largest absolute Gasteiger partial charge is 0.550 e. The lowest BCUT2D eigenvalue weighted by Gasteiger charge is -2.27. The maximum Gasteiger partial charge on any atom is 0.230 e. The molecule has 5 nitrogen and oxygen atoms in total. The highest BCUT2D eigenvalue weighted by Crippen LogP contribution is 2.43. The number of hydrogen-bond donors (Lipinski definition) is 1. The van der Waals surface area contributed by atoms with Crippen molar-refractivity contribution in [2.24, 2.45) is 11.8 Å². The summed E-state index contributed by atoms with van der Waals surface area (Å²) in [6.45, 7) is 0. The average Bonchev–Trinajstić information content (AvgIpc) is 2.98. The normalized spacial score (nSPS) is 31.2. The van der Waals surface area contributed by atoms with Gasteiger partial charge in [0, 0.05) is 17.6 Å². The minimum Gasteiger partial charge on any atom is -0.550 e. The van der Waals surface area contributed by atoms with E-state index in [0.717, 1.165) is 0 Å².